The van der Waals surface area contributed by atoms with E-state index in [2.05, 4.69) is 75.7 Å². The Morgan fingerprint density at radius 2 is 1.69 bits per heavy atom. The Morgan fingerprint density at radius 3 is 2.38 bits per heavy atom. The van der Waals surface area contributed by atoms with Crippen molar-refractivity contribution < 1.29 is 4.74 Å². The van der Waals surface area contributed by atoms with Gasteiger partial charge in [-0.25, -0.2) is 5.10 Å². The van der Waals surface area contributed by atoms with E-state index in [-0.39, 0.29) is 6.61 Å². The molecule has 1 N–H and O–H groups in total. The highest BCUT2D eigenvalue weighted by atomic mass is 32.1. The number of anilines is 1. The molecule has 7 heteroatoms. The third-order valence-electron chi connectivity index (χ3n) is 5.01. The largest absolute Gasteiger partial charge is 0.486 e. The van der Waals surface area contributed by atoms with Gasteiger partial charge in [-0.05, 0) is 54.5 Å². The highest BCUT2D eigenvalue weighted by molar-refractivity contribution is 7.71. The first kappa shape index (κ1) is 21.5. The van der Waals surface area contributed by atoms with Gasteiger partial charge in [-0.2, -0.15) is 14.9 Å². The van der Waals surface area contributed by atoms with Crippen LogP contribution in [0.2, 0.25) is 0 Å². The van der Waals surface area contributed by atoms with Crippen molar-refractivity contribution in [2.24, 2.45) is 5.10 Å². The molecule has 0 spiro atoms. The Labute approximate surface area is 192 Å². The minimum atomic E-state index is 0.262. The fourth-order valence-corrected chi connectivity index (χ4v) is 3.48. The summed E-state index contributed by atoms with van der Waals surface area (Å²) in [5.41, 5.74) is 3.44. The standard InChI is InChI=1S/C25H25N5OS/c1-2-29(18-21-9-5-3-6-10-21)22-15-13-20(14-16-22)17-26-30-24(27-28-25(30)32)19-31-23-11-7-4-8-12-23/h3-17H,2,18-19H2,1H3,(H,28,32)/b26-17-. The molecule has 0 amide bonds. The minimum Gasteiger partial charge on any atom is -0.486 e. The van der Waals surface area contributed by atoms with Crippen molar-refractivity contribution in [1.82, 2.24) is 14.9 Å². The predicted octanol–water partition coefficient (Wildman–Crippen LogP) is 5.43. The number of H-pyrrole nitrogens is 1. The maximum Gasteiger partial charge on any atom is 0.216 e. The third kappa shape index (κ3) is 5.50. The van der Waals surface area contributed by atoms with Crippen LogP contribution >= 0.6 is 12.2 Å². The summed E-state index contributed by atoms with van der Waals surface area (Å²) in [6, 6.07) is 28.4. The van der Waals surface area contributed by atoms with E-state index in [9.17, 15) is 0 Å². The van der Waals surface area contributed by atoms with E-state index < -0.39 is 0 Å². The normalized spacial score (nSPS) is 11.0. The number of rotatable bonds is 9. The van der Waals surface area contributed by atoms with Crippen LogP contribution in [0.15, 0.2) is 90.0 Å². The first-order valence-electron chi connectivity index (χ1n) is 10.5. The lowest BCUT2D eigenvalue weighted by Crippen LogP contribution is -2.21. The molecule has 0 fully saturated rings. The molecular weight excluding hydrogens is 418 g/mol. The number of benzene rings is 3. The molecule has 0 atom stereocenters. The number of ether oxygens (including phenoxy) is 1. The van der Waals surface area contributed by atoms with E-state index in [1.165, 1.54) is 11.3 Å². The van der Waals surface area contributed by atoms with Crippen LogP contribution in [-0.4, -0.2) is 27.6 Å². The summed E-state index contributed by atoms with van der Waals surface area (Å²) < 4.78 is 7.78. The van der Waals surface area contributed by atoms with Gasteiger partial charge in [0.1, 0.15) is 12.4 Å². The third-order valence-corrected chi connectivity index (χ3v) is 5.27. The average Bonchev–Trinajstić information content (AvgIpc) is 3.20. The molecule has 6 nitrogen and oxygen atoms in total. The lowest BCUT2D eigenvalue weighted by molar-refractivity contribution is 0.290. The van der Waals surface area contributed by atoms with Gasteiger partial charge in [-0.1, -0.05) is 60.7 Å². The smallest absolute Gasteiger partial charge is 0.216 e. The Kier molecular flexibility index (Phi) is 7.09. The molecule has 0 saturated carbocycles. The van der Waals surface area contributed by atoms with Gasteiger partial charge in [0, 0.05) is 18.8 Å². The first-order chi connectivity index (χ1) is 15.7. The van der Waals surface area contributed by atoms with Crippen LogP contribution in [0, 0.1) is 4.77 Å². The summed E-state index contributed by atoms with van der Waals surface area (Å²) in [6.45, 7) is 4.23. The summed E-state index contributed by atoms with van der Waals surface area (Å²) in [7, 11) is 0. The molecular formula is C25H25N5OS. The highest BCUT2D eigenvalue weighted by Crippen LogP contribution is 2.18. The molecule has 32 heavy (non-hydrogen) atoms. The fraction of sp³-hybridized carbons (Fsp3) is 0.160. The Bertz CT molecular complexity index is 1200. The molecule has 1 aromatic heterocycles. The molecule has 0 aliphatic rings. The van der Waals surface area contributed by atoms with Gasteiger partial charge in [-0.3, -0.25) is 0 Å². The van der Waals surface area contributed by atoms with Crippen LogP contribution in [0.5, 0.6) is 5.75 Å². The first-order valence-corrected chi connectivity index (χ1v) is 10.9. The van der Waals surface area contributed by atoms with Gasteiger partial charge in [-0.15, -0.1) is 0 Å². The predicted molar refractivity (Wildman–Crippen MR) is 131 cm³/mol. The lowest BCUT2D eigenvalue weighted by atomic mass is 10.1. The zero-order chi connectivity index (χ0) is 22.2. The van der Waals surface area contributed by atoms with E-state index in [4.69, 9.17) is 17.0 Å². The number of nitrogens with zero attached hydrogens (tertiary/aromatic N) is 4. The average molecular weight is 444 g/mol. The van der Waals surface area contributed by atoms with Gasteiger partial charge < -0.3 is 9.64 Å². The van der Waals surface area contributed by atoms with Gasteiger partial charge in [0.05, 0.1) is 6.21 Å². The second kappa shape index (κ2) is 10.5. The van der Waals surface area contributed by atoms with Crippen LogP contribution in [0.25, 0.3) is 0 Å². The Balaban J connectivity index is 1.44. The number of nitrogens with one attached hydrogen (secondary N) is 1. The van der Waals surface area contributed by atoms with Crippen molar-refractivity contribution in [3.05, 3.63) is 107 Å². The number of para-hydroxylation sites is 1. The molecule has 0 unspecified atom stereocenters. The summed E-state index contributed by atoms with van der Waals surface area (Å²) in [5.74, 6) is 1.37. The van der Waals surface area contributed by atoms with Gasteiger partial charge in [0.15, 0.2) is 5.82 Å². The van der Waals surface area contributed by atoms with Crippen LogP contribution in [0.4, 0.5) is 5.69 Å². The van der Waals surface area contributed by atoms with Crippen LogP contribution in [-0.2, 0) is 13.2 Å². The monoisotopic (exact) mass is 443 g/mol. The van der Waals surface area contributed by atoms with Gasteiger partial charge >= 0.3 is 0 Å². The van der Waals surface area contributed by atoms with Crippen LogP contribution in [0.1, 0.15) is 23.9 Å². The number of hydrogen-bond acceptors (Lipinski definition) is 5. The molecule has 0 aliphatic heterocycles. The van der Waals surface area contributed by atoms with Crippen molar-refractivity contribution >= 4 is 24.1 Å². The fourth-order valence-electron chi connectivity index (χ4n) is 3.29. The molecule has 3 aromatic carbocycles. The summed E-state index contributed by atoms with van der Waals surface area (Å²) in [4.78, 5) is 2.33. The Hall–Kier alpha value is -3.71. The van der Waals surface area contributed by atoms with E-state index in [1.807, 2.05) is 36.4 Å². The van der Waals surface area contributed by atoms with Gasteiger partial charge in [0.25, 0.3) is 0 Å². The molecule has 4 aromatic rings. The second-order valence-corrected chi connectivity index (χ2v) is 7.58. The van der Waals surface area contributed by atoms with E-state index in [0.717, 1.165) is 24.4 Å². The minimum absolute atomic E-state index is 0.262. The number of hydrogen-bond donors (Lipinski definition) is 1. The highest BCUT2D eigenvalue weighted by Gasteiger charge is 2.07. The van der Waals surface area contributed by atoms with Gasteiger partial charge in [0.2, 0.25) is 4.77 Å². The van der Waals surface area contributed by atoms with Crippen molar-refractivity contribution in [1.29, 1.82) is 0 Å². The second-order valence-electron chi connectivity index (χ2n) is 7.19. The zero-order valence-electron chi connectivity index (χ0n) is 17.9. The molecule has 4 rings (SSSR count). The molecule has 0 radical (unpaired) electrons. The molecule has 1 heterocycles. The van der Waals surface area contributed by atoms with Crippen molar-refractivity contribution in [2.75, 3.05) is 11.4 Å². The quantitative estimate of drug-likeness (QED) is 0.277. The van der Waals surface area contributed by atoms with E-state index in [1.54, 1.807) is 10.9 Å². The summed E-state index contributed by atoms with van der Waals surface area (Å²) in [5, 5.41) is 11.5. The SMILES string of the molecule is CCN(Cc1ccccc1)c1ccc(/C=N\n2c(COc3ccccc3)n[nH]c2=S)cc1. The van der Waals surface area contributed by atoms with Crippen molar-refractivity contribution in [3.8, 4) is 5.75 Å². The summed E-state index contributed by atoms with van der Waals surface area (Å²) >= 11 is 5.32. The maximum absolute atomic E-state index is 5.77. The van der Waals surface area contributed by atoms with Crippen LogP contribution in [0.3, 0.4) is 0 Å². The lowest BCUT2D eigenvalue weighted by Gasteiger charge is -2.23. The van der Waals surface area contributed by atoms with Crippen molar-refractivity contribution in [3.63, 3.8) is 0 Å². The Morgan fingerprint density at radius 1 is 1.00 bits per heavy atom. The van der Waals surface area contributed by atoms with E-state index in [0.29, 0.717) is 10.6 Å². The maximum atomic E-state index is 5.77. The van der Waals surface area contributed by atoms with E-state index >= 15 is 0 Å². The molecule has 0 aliphatic carbocycles. The summed E-state index contributed by atoms with van der Waals surface area (Å²) in [6.07, 6.45) is 1.77. The topological polar surface area (TPSA) is 58.4 Å². The van der Waals surface area contributed by atoms with Crippen molar-refractivity contribution in [2.45, 2.75) is 20.1 Å². The number of aromatic nitrogens is 3. The number of aromatic amines is 1. The van der Waals surface area contributed by atoms with Crippen LogP contribution < -0.4 is 9.64 Å². The molecule has 162 valence electrons. The zero-order valence-corrected chi connectivity index (χ0v) is 18.7. The molecule has 0 saturated heterocycles. The molecule has 0 bridgehead atoms.